The molecule has 2 rings (SSSR count). The van der Waals surface area contributed by atoms with E-state index in [4.69, 9.17) is 25.8 Å². The molecule has 0 aliphatic carbocycles. The summed E-state index contributed by atoms with van der Waals surface area (Å²) >= 11 is 5.83. The molecule has 6 nitrogen and oxygen atoms in total. The number of halogens is 1. The van der Waals surface area contributed by atoms with Crippen molar-refractivity contribution in [1.29, 1.82) is 0 Å². The molecule has 0 saturated carbocycles. The highest BCUT2D eigenvalue weighted by molar-refractivity contribution is 6.30. The second kappa shape index (κ2) is 11.7. The van der Waals surface area contributed by atoms with Crippen LogP contribution in [0.1, 0.15) is 25.0 Å². The number of benzene rings is 2. The van der Waals surface area contributed by atoms with Gasteiger partial charge in [0.05, 0.1) is 26.4 Å². The van der Waals surface area contributed by atoms with Crippen molar-refractivity contribution in [1.82, 2.24) is 5.32 Å². The van der Waals surface area contributed by atoms with Gasteiger partial charge >= 0.3 is 0 Å². The number of carbonyl (C=O) groups is 1. The Morgan fingerprint density at radius 1 is 1.10 bits per heavy atom. The van der Waals surface area contributed by atoms with Gasteiger partial charge in [-0.05, 0) is 55.7 Å². The van der Waals surface area contributed by atoms with Crippen molar-refractivity contribution in [2.75, 3.05) is 20.3 Å². The average Bonchev–Trinajstić information content (AvgIpc) is 2.69. The molecule has 0 saturated heterocycles. The minimum atomic E-state index is -1.22. The molecule has 2 aromatic rings. The van der Waals surface area contributed by atoms with Gasteiger partial charge in [-0.1, -0.05) is 29.8 Å². The summed E-state index contributed by atoms with van der Waals surface area (Å²) in [5.41, 5.74) is 1.91. The van der Waals surface area contributed by atoms with E-state index in [0.29, 0.717) is 36.1 Å². The van der Waals surface area contributed by atoms with E-state index in [1.54, 1.807) is 19.2 Å². The molecule has 0 aromatic heterocycles. The van der Waals surface area contributed by atoms with Crippen molar-refractivity contribution in [2.45, 2.75) is 39.1 Å². The highest BCUT2D eigenvalue weighted by Gasteiger charge is 2.15. The second-order valence-corrected chi connectivity index (χ2v) is 7.29. The number of carbonyl (C=O) groups excluding carboxylic acids is 1. The molecule has 0 spiro atoms. The number of ether oxygens (including phenoxy) is 3. The lowest BCUT2D eigenvalue weighted by Gasteiger charge is -2.15. The van der Waals surface area contributed by atoms with Gasteiger partial charge in [0.25, 0.3) is 5.91 Å². The van der Waals surface area contributed by atoms with Crippen molar-refractivity contribution in [3.63, 3.8) is 0 Å². The molecule has 29 heavy (non-hydrogen) atoms. The first-order valence-corrected chi connectivity index (χ1v) is 9.88. The number of rotatable bonds is 11. The first-order valence-electron chi connectivity index (χ1n) is 9.50. The Kier molecular flexibility index (Phi) is 9.25. The molecule has 0 radical (unpaired) electrons. The van der Waals surface area contributed by atoms with Gasteiger partial charge < -0.3 is 24.6 Å². The SMILES string of the molecule is COc1cc(CCNC(=O)C(O)COCc2ccc(Cl)cc2)ccc1OC(C)C. The van der Waals surface area contributed by atoms with Crippen LogP contribution in [0.2, 0.25) is 5.02 Å². The first-order chi connectivity index (χ1) is 13.9. The molecule has 2 N–H and O–H groups in total. The van der Waals surface area contributed by atoms with Crippen LogP contribution in [0.4, 0.5) is 0 Å². The summed E-state index contributed by atoms with van der Waals surface area (Å²) < 4.78 is 16.5. The van der Waals surface area contributed by atoms with Crippen LogP contribution in [0.15, 0.2) is 42.5 Å². The maximum Gasteiger partial charge on any atom is 0.251 e. The van der Waals surface area contributed by atoms with Crippen LogP contribution in [-0.4, -0.2) is 43.5 Å². The monoisotopic (exact) mass is 421 g/mol. The lowest BCUT2D eigenvalue weighted by Crippen LogP contribution is -2.38. The van der Waals surface area contributed by atoms with Crippen LogP contribution in [0.5, 0.6) is 11.5 Å². The lowest BCUT2D eigenvalue weighted by molar-refractivity contribution is -0.132. The van der Waals surface area contributed by atoms with Crippen molar-refractivity contribution in [3.8, 4) is 11.5 Å². The summed E-state index contributed by atoms with van der Waals surface area (Å²) in [6.45, 7) is 4.51. The molecule has 158 valence electrons. The van der Waals surface area contributed by atoms with Gasteiger partial charge in [0.15, 0.2) is 17.6 Å². The highest BCUT2D eigenvalue weighted by atomic mass is 35.5. The van der Waals surface area contributed by atoms with E-state index in [1.807, 2.05) is 44.2 Å². The zero-order valence-electron chi connectivity index (χ0n) is 17.0. The maximum absolute atomic E-state index is 12.0. The van der Waals surface area contributed by atoms with E-state index in [1.165, 1.54) is 0 Å². The standard InChI is InChI=1S/C22H28ClNO5/c1-15(2)29-20-9-6-16(12-21(20)27-3)10-11-24-22(26)19(25)14-28-13-17-4-7-18(23)8-5-17/h4-9,12,15,19,25H,10-11,13-14H2,1-3H3,(H,24,26). The zero-order chi connectivity index (χ0) is 21.2. The van der Waals surface area contributed by atoms with E-state index in [0.717, 1.165) is 11.1 Å². The minimum Gasteiger partial charge on any atom is -0.493 e. The third-order valence-electron chi connectivity index (χ3n) is 4.06. The highest BCUT2D eigenvalue weighted by Crippen LogP contribution is 2.29. The van der Waals surface area contributed by atoms with Gasteiger partial charge in [-0.15, -0.1) is 0 Å². The van der Waals surface area contributed by atoms with Crippen molar-refractivity contribution in [3.05, 3.63) is 58.6 Å². The van der Waals surface area contributed by atoms with E-state index in [9.17, 15) is 9.90 Å². The van der Waals surface area contributed by atoms with E-state index in [-0.39, 0.29) is 12.7 Å². The Hall–Kier alpha value is -2.28. The van der Waals surface area contributed by atoms with Gasteiger partial charge in [0, 0.05) is 11.6 Å². The normalized spacial score (nSPS) is 11.9. The first kappa shape index (κ1) is 23.0. The number of methoxy groups -OCH3 is 1. The molecule has 0 aliphatic rings. The summed E-state index contributed by atoms with van der Waals surface area (Å²) in [5.74, 6) is 0.870. The van der Waals surface area contributed by atoms with Crippen LogP contribution in [0, 0.1) is 0 Å². The molecule has 0 bridgehead atoms. The Labute approximate surface area is 176 Å². The number of hydrogen-bond donors (Lipinski definition) is 2. The molecule has 2 aromatic carbocycles. The van der Waals surface area contributed by atoms with Crippen molar-refractivity contribution < 1.29 is 24.1 Å². The van der Waals surface area contributed by atoms with E-state index < -0.39 is 12.0 Å². The number of amides is 1. The fourth-order valence-corrected chi connectivity index (χ4v) is 2.74. The number of nitrogens with one attached hydrogen (secondary N) is 1. The third-order valence-corrected chi connectivity index (χ3v) is 4.32. The van der Waals surface area contributed by atoms with Gasteiger partial charge in [-0.3, -0.25) is 4.79 Å². The van der Waals surface area contributed by atoms with Gasteiger partial charge in [-0.2, -0.15) is 0 Å². The van der Waals surface area contributed by atoms with Crippen LogP contribution in [0.25, 0.3) is 0 Å². The van der Waals surface area contributed by atoms with Crippen molar-refractivity contribution in [2.24, 2.45) is 0 Å². The summed E-state index contributed by atoms with van der Waals surface area (Å²) in [6, 6.07) is 12.9. The molecular weight excluding hydrogens is 394 g/mol. The maximum atomic E-state index is 12.0. The average molecular weight is 422 g/mol. The van der Waals surface area contributed by atoms with Crippen LogP contribution in [-0.2, 0) is 22.6 Å². The molecule has 0 aliphatic heterocycles. The zero-order valence-corrected chi connectivity index (χ0v) is 17.7. The molecule has 1 unspecified atom stereocenters. The largest absolute Gasteiger partial charge is 0.493 e. The number of aliphatic hydroxyl groups is 1. The Bertz CT molecular complexity index is 779. The fourth-order valence-electron chi connectivity index (χ4n) is 2.61. The Balaban J connectivity index is 1.73. The number of aliphatic hydroxyl groups excluding tert-OH is 1. The summed E-state index contributed by atoms with van der Waals surface area (Å²) in [4.78, 5) is 12.0. The predicted molar refractivity (Wildman–Crippen MR) is 113 cm³/mol. The predicted octanol–water partition coefficient (Wildman–Crippen LogP) is 3.37. The molecule has 1 atom stereocenters. The van der Waals surface area contributed by atoms with E-state index in [2.05, 4.69) is 5.32 Å². The smallest absolute Gasteiger partial charge is 0.251 e. The Morgan fingerprint density at radius 2 is 1.79 bits per heavy atom. The fraction of sp³-hybridized carbons (Fsp3) is 0.409. The van der Waals surface area contributed by atoms with Crippen LogP contribution >= 0.6 is 11.6 Å². The summed E-state index contributed by atoms with van der Waals surface area (Å²) in [6.07, 6.45) is -0.571. The molecule has 0 fully saturated rings. The quantitative estimate of drug-likeness (QED) is 0.581. The topological polar surface area (TPSA) is 77.0 Å². The van der Waals surface area contributed by atoms with Gasteiger partial charge in [-0.25, -0.2) is 0 Å². The molecular formula is C22H28ClNO5. The number of hydrogen-bond acceptors (Lipinski definition) is 5. The molecule has 0 heterocycles. The van der Waals surface area contributed by atoms with Crippen LogP contribution < -0.4 is 14.8 Å². The second-order valence-electron chi connectivity index (χ2n) is 6.85. The summed E-state index contributed by atoms with van der Waals surface area (Å²) in [5, 5.41) is 13.3. The third kappa shape index (κ3) is 7.93. The van der Waals surface area contributed by atoms with Crippen molar-refractivity contribution >= 4 is 17.5 Å². The molecule has 7 heteroatoms. The van der Waals surface area contributed by atoms with E-state index >= 15 is 0 Å². The van der Waals surface area contributed by atoms with Gasteiger partial charge in [0.1, 0.15) is 0 Å². The van der Waals surface area contributed by atoms with Gasteiger partial charge in [0.2, 0.25) is 0 Å². The Morgan fingerprint density at radius 3 is 2.45 bits per heavy atom. The van der Waals surface area contributed by atoms with Crippen LogP contribution in [0.3, 0.4) is 0 Å². The lowest BCUT2D eigenvalue weighted by atomic mass is 10.1. The minimum absolute atomic E-state index is 0.0532. The summed E-state index contributed by atoms with van der Waals surface area (Å²) in [7, 11) is 1.59. The molecule has 1 amide bonds.